The highest BCUT2D eigenvalue weighted by Crippen LogP contribution is 2.23. The Labute approximate surface area is 159 Å². The van der Waals surface area contributed by atoms with Gasteiger partial charge in [-0.1, -0.05) is 18.2 Å². The van der Waals surface area contributed by atoms with E-state index in [0.717, 1.165) is 11.3 Å². The van der Waals surface area contributed by atoms with Crippen LogP contribution in [0.4, 0.5) is 5.69 Å². The molecule has 0 radical (unpaired) electrons. The number of nitrogens with one attached hydrogen (secondary N) is 1. The number of amides is 1. The zero-order chi connectivity index (χ0) is 19.4. The molecular formula is C19H23N3O4S. The Morgan fingerprint density at radius 1 is 1.33 bits per heavy atom. The molecule has 1 aliphatic heterocycles. The fourth-order valence-corrected chi connectivity index (χ4v) is 4.94. The number of carbonyl (C=O) groups is 1. The van der Waals surface area contributed by atoms with Gasteiger partial charge in [-0.2, -0.15) is 0 Å². The van der Waals surface area contributed by atoms with E-state index in [2.05, 4.69) is 10.3 Å². The Morgan fingerprint density at radius 2 is 2.11 bits per heavy atom. The number of anilines is 1. The van der Waals surface area contributed by atoms with Crippen LogP contribution in [0.3, 0.4) is 0 Å². The number of hydrogen-bond acceptors (Lipinski definition) is 6. The van der Waals surface area contributed by atoms with Crippen molar-refractivity contribution in [3.05, 3.63) is 53.9 Å². The molecule has 1 fully saturated rings. The second-order valence-corrected chi connectivity index (χ2v) is 8.82. The van der Waals surface area contributed by atoms with Gasteiger partial charge in [-0.05, 0) is 18.6 Å². The van der Waals surface area contributed by atoms with Crippen molar-refractivity contribution in [1.82, 2.24) is 10.3 Å². The van der Waals surface area contributed by atoms with Crippen molar-refractivity contribution in [1.29, 1.82) is 0 Å². The minimum atomic E-state index is -2.97. The molecule has 27 heavy (non-hydrogen) atoms. The van der Waals surface area contributed by atoms with Gasteiger partial charge in [-0.15, -0.1) is 0 Å². The molecule has 7 nitrogen and oxygen atoms in total. The fraction of sp³-hybridized carbons (Fsp3) is 0.368. The largest absolute Gasteiger partial charge is 0.496 e. The summed E-state index contributed by atoms with van der Waals surface area (Å²) in [6, 6.07) is 9.13. The molecule has 0 spiro atoms. The predicted molar refractivity (Wildman–Crippen MR) is 104 cm³/mol. The maximum Gasteiger partial charge on any atom is 0.253 e. The van der Waals surface area contributed by atoms with E-state index in [-0.39, 0.29) is 23.5 Å². The van der Waals surface area contributed by atoms with Crippen LogP contribution in [0.5, 0.6) is 5.75 Å². The van der Waals surface area contributed by atoms with E-state index in [4.69, 9.17) is 4.74 Å². The van der Waals surface area contributed by atoms with Crippen LogP contribution in [0.1, 0.15) is 22.3 Å². The smallest absolute Gasteiger partial charge is 0.253 e. The third kappa shape index (κ3) is 4.57. The standard InChI is InChI=1S/C19H23N3O4S/c1-22(16-7-8-27(24,25)13-16)17-9-15(10-20-12-17)19(23)21-11-14-5-3-4-6-18(14)26-2/h3-6,9-10,12,16H,7-8,11,13H2,1-2H3,(H,21,23). The summed E-state index contributed by atoms with van der Waals surface area (Å²) in [4.78, 5) is 18.5. The molecule has 1 aliphatic rings. The van der Waals surface area contributed by atoms with Crippen LogP contribution < -0.4 is 15.0 Å². The lowest BCUT2D eigenvalue weighted by molar-refractivity contribution is 0.0950. The number of benzene rings is 1. The lowest BCUT2D eigenvalue weighted by Gasteiger charge is -2.25. The summed E-state index contributed by atoms with van der Waals surface area (Å²) >= 11 is 0. The molecule has 1 aromatic heterocycles. The molecule has 1 unspecified atom stereocenters. The third-order valence-corrected chi connectivity index (χ3v) is 6.53. The number of pyridine rings is 1. The van der Waals surface area contributed by atoms with Gasteiger partial charge in [0.15, 0.2) is 9.84 Å². The summed E-state index contributed by atoms with van der Waals surface area (Å²) in [7, 11) is 0.449. The Balaban J connectivity index is 1.68. The first-order chi connectivity index (χ1) is 12.9. The summed E-state index contributed by atoms with van der Waals surface area (Å²) < 4.78 is 28.7. The van der Waals surface area contributed by atoms with E-state index in [0.29, 0.717) is 24.3 Å². The topological polar surface area (TPSA) is 88.6 Å². The summed E-state index contributed by atoms with van der Waals surface area (Å²) in [5.74, 6) is 0.803. The van der Waals surface area contributed by atoms with Gasteiger partial charge in [0.2, 0.25) is 0 Å². The van der Waals surface area contributed by atoms with E-state index in [1.165, 1.54) is 6.20 Å². The van der Waals surface area contributed by atoms with Crippen molar-refractivity contribution in [2.75, 3.05) is 30.6 Å². The minimum absolute atomic E-state index is 0.0938. The van der Waals surface area contributed by atoms with Crippen LogP contribution >= 0.6 is 0 Å². The molecule has 0 bridgehead atoms. The summed E-state index contributed by atoms with van der Waals surface area (Å²) in [5, 5.41) is 2.87. The highest BCUT2D eigenvalue weighted by molar-refractivity contribution is 7.91. The van der Waals surface area contributed by atoms with Crippen molar-refractivity contribution in [2.45, 2.75) is 19.0 Å². The van der Waals surface area contributed by atoms with Crippen LogP contribution in [0.25, 0.3) is 0 Å². The second-order valence-electron chi connectivity index (χ2n) is 6.59. The molecule has 0 aliphatic carbocycles. The lowest BCUT2D eigenvalue weighted by atomic mass is 10.1. The Bertz CT molecular complexity index is 930. The summed E-state index contributed by atoms with van der Waals surface area (Å²) in [6.07, 6.45) is 3.73. The van der Waals surface area contributed by atoms with E-state index >= 15 is 0 Å². The Morgan fingerprint density at radius 3 is 2.81 bits per heavy atom. The number of rotatable bonds is 6. The van der Waals surface area contributed by atoms with Crippen molar-refractivity contribution < 1.29 is 17.9 Å². The van der Waals surface area contributed by atoms with Gasteiger partial charge in [0.05, 0.1) is 36.1 Å². The highest BCUT2D eigenvalue weighted by atomic mass is 32.2. The van der Waals surface area contributed by atoms with Gasteiger partial charge in [-0.25, -0.2) is 8.42 Å². The molecule has 1 N–H and O–H groups in total. The molecule has 1 saturated heterocycles. The lowest BCUT2D eigenvalue weighted by Crippen LogP contribution is -2.33. The summed E-state index contributed by atoms with van der Waals surface area (Å²) in [6.45, 7) is 0.337. The first-order valence-corrected chi connectivity index (χ1v) is 10.5. The quantitative estimate of drug-likeness (QED) is 0.808. The van der Waals surface area contributed by atoms with Gasteiger partial charge >= 0.3 is 0 Å². The van der Waals surface area contributed by atoms with Gasteiger partial charge in [0.25, 0.3) is 5.91 Å². The number of methoxy groups -OCH3 is 1. The van der Waals surface area contributed by atoms with Crippen LogP contribution in [-0.4, -0.2) is 51.0 Å². The average Bonchev–Trinajstić information content (AvgIpc) is 3.05. The molecule has 0 saturated carbocycles. The van der Waals surface area contributed by atoms with Gasteiger partial charge < -0.3 is 15.0 Å². The molecular weight excluding hydrogens is 366 g/mol. The third-order valence-electron chi connectivity index (χ3n) is 4.78. The first kappa shape index (κ1) is 19.2. The number of hydrogen-bond donors (Lipinski definition) is 1. The second kappa shape index (κ2) is 7.96. The van der Waals surface area contributed by atoms with Crippen molar-refractivity contribution >= 4 is 21.4 Å². The predicted octanol–water partition coefficient (Wildman–Crippen LogP) is 1.64. The van der Waals surface area contributed by atoms with E-state index in [1.807, 2.05) is 36.2 Å². The SMILES string of the molecule is COc1ccccc1CNC(=O)c1cncc(N(C)C2CCS(=O)(=O)C2)c1. The van der Waals surface area contributed by atoms with E-state index < -0.39 is 9.84 Å². The molecule has 3 rings (SSSR count). The van der Waals surface area contributed by atoms with Gasteiger partial charge in [0, 0.05) is 31.4 Å². The van der Waals surface area contributed by atoms with Crippen LogP contribution in [0, 0.1) is 0 Å². The zero-order valence-corrected chi connectivity index (χ0v) is 16.2. The van der Waals surface area contributed by atoms with E-state index in [1.54, 1.807) is 19.4 Å². The molecule has 2 aromatic rings. The number of nitrogens with zero attached hydrogens (tertiary/aromatic N) is 2. The molecule has 1 atom stereocenters. The van der Waals surface area contributed by atoms with Crippen LogP contribution in [0.2, 0.25) is 0 Å². The monoisotopic (exact) mass is 389 g/mol. The molecule has 144 valence electrons. The van der Waals surface area contributed by atoms with Crippen molar-refractivity contribution in [3.63, 3.8) is 0 Å². The average molecular weight is 389 g/mol. The Kier molecular flexibility index (Phi) is 5.65. The fourth-order valence-electron chi connectivity index (χ4n) is 3.16. The molecule has 2 heterocycles. The molecule has 8 heteroatoms. The first-order valence-electron chi connectivity index (χ1n) is 8.68. The molecule has 1 aromatic carbocycles. The Hall–Kier alpha value is -2.61. The van der Waals surface area contributed by atoms with Crippen LogP contribution in [-0.2, 0) is 16.4 Å². The maximum atomic E-state index is 12.5. The molecule has 1 amide bonds. The van der Waals surface area contributed by atoms with Crippen LogP contribution in [0.15, 0.2) is 42.7 Å². The number of para-hydroxylation sites is 1. The maximum absolute atomic E-state index is 12.5. The van der Waals surface area contributed by atoms with Crippen molar-refractivity contribution in [2.24, 2.45) is 0 Å². The number of aromatic nitrogens is 1. The van der Waals surface area contributed by atoms with Gasteiger partial charge in [-0.3, -0.25) is 9.78 Å². The van der Waals surface area contributed by atoms with E-state index in [9.17, 15) is 13.2 Å². The number of ether oxygens (including phenoxy) is 1. The normalized spacial score (nSPS) is 18.1. The number of carbonyl (C=O) groups excluding carboxylic acids is 1. The minimum Gasteiger partial charge on any atom is -0.496 e. The highest BCUT2D eigenvalue weighted by Gasteiger charge is 2.31. The van der Waals surface area contributed by atoms with Gasteiger partial charge in [0.1, 0.15) is 5.75 Å². The zero-order valence-electron chi connectivity index (χ0n) is 15.4. The summed E-state index contributed by atoms with van der Waals surface area (Å²) in [5.41, 5.74) is 2.03. The number of sulfone groups is 1. The van der Waals surface area contributed by atoms with Crippen molar-refractivity contribution in [3.8, 4) is 5.75 Å².